The summed E-state index contributed by atoms with van der Waals surface area (Å²) in [5.41, 5.74) is 0. The van der Waals surface area contributed by atoms with Crippen molar-refractivity contribution in [2.45, 2.75) is 82.6 Å². The summed E-state index contributed by atoms with van der Waals surface area (Å²) in [6.45, 7) is 12.6. The smallest absolute Gasteiger partial charge is 0.377 e. The molecule has 0 atom stereocenters. The van der Waals surface area contributed by atoms with Gasteiger partial charge in [0.15, 0.2) is 0 Å². The highest BCUT2D eigenvalue weighted by Gasteiger charge is 2.38. The molecule has 0 N–H and O–H groups in total. The van der Waals surface area contributed by atoms with E-state index in [2.05, 4.69) is 33.1 Å². The Balaban J connectivity index is 4.24. The van der Waals surface area contributed by atoms with Gasteiger partial charge in [-0.15, -0.1) is 0 Å². The molecule has 0 heterocycles. The lowest BCUT2D eigenvalue weighted by Gasteiger charge is -2.30. The molecule has 0 aromatic carbocycles. The van der Waals surface area contributed by atoms with Crippen LogP contribution in [0, 0.1) is 0 Å². The zero-order valence-corrected chi connectivity index (χ0v) is 19.4. The Bertz CT molecular complexity index is 284. The molecular formula is C16H40O3Si3. The fraction of sp³-hybridized carbons (Fsp3) is 1.00. The van der Waals surface area contributed by atoms with E-state index in [1.54, 1.807) is 21.3 Å². The summed E-state index contributed by atoms with van der Waals surface area (Å²) in [4.78, 5) is 0. The van der Waals surface area contributed by atoms with Crippen LogP contribution in [0.15, 0.2) is 0 Å². The predicted octanol–water partition coefficient (Wildman–Crippen LogP) is 5.47. The molecule has 0 aliphatic rings. The molecule has 0 rings (SSSR count). The summed E-state index contributed by atoms with van der Waals surface area (Å²) < 4.78 is 16.6. The third-order valence-corrected chi connectivity index (χ3v) is 14.9. The standard InChI is InChI=1S/C16H40O3Si3/c1-9-10-12-20(5,6)15-16-21(7,8)13-11-14-22(17-2,18-3)19-4/h9-16H2,1-8H3. The van der Waals surface area contributed by atoms with E-state index in [-0.39, 0.29) is 0 Å². The first-order chi connectivity index (χ1) is 10.2. The maximum atomic E-state index is 5.53. The van der Waals surface area contributed by atoms with E-state index >= 15 is 0 Å². The molecular weight excluding hydrogens is 324 g/mol. The van der Waals surface area contributed by atoms with Crippen LogP contribution in [0.4, 0.5) is 0 Å². The first kappa shape index (κ1) is 22.5. The molecule has 3 nitrogen and oxygen atoms in total. The molecule has 0 radical (unpaired) electrons. The second kappa shape index (κ2) is 10.4. The zero-order chi connectivity index (χ0) is 17.3. The Kier molecular flexibility index (Phi) is 10.7. The van der Waals surface area contributed by atoms with Crippen LogP contribution in [0.2, 0.25) is 56.4 Å². The van der Waals surface area contributed by atoms with Gasteiger partial charge in [0.1, 0.15) is 0 Å². The van der Waals surface area contributed by atoms with Crippen LogP contribution in [-0.2, 0) is 13.3 Å². The lowest BCUT2D eigenvalue weighted by Crippen LogP contribution is -2.43. The van der Waals surface area contributed by atoms with E-state index in [1.165, 1.54) is 43.4 Å². The van der Waals surface area contributed by atoms with Crippen LogP contribution in [0.3, 0.4) is 0 Å². The first-order valence-electron chi connectivity index (χ1n) is 8.81. The van der Waals surface area contributed by atoms with E-state index in [4.69, 9.17) is 13.3 Å². The zero-order valence-electron chi connectivity index (χ0n) is 16.4. The molecule has 0 saturated heterocycles. The van der Waals surface area contributed by atoms with Crippen molar-refractivity contribution in [1.82, 2.24) is 0 Å². The summed E-state index contributed by atoms with van der Waals surface area (Å²) in [5.74, 6) is 0. The second-order valence-electron chi connectivity index (χ2n) is 8.08. The first-order valence-corrected chi connectivity index (χ1v) is 17.6. The highest BCUT2D eigenvalue weighted by atomic mass is 28.4. The average Bonchev–Trinajstić information content (AvgIpc) is 2.48. The Morgan fingerprint density at radius 1 is 0.591 bits per heavy atom. The van der Waals surface area contributed by atoms with E-state index in [0.29, 0.717) is 0 Å². The van der Waals surface area contributed by atoms with Crippen LogP contribution in [0.25, 0.3) is 0 Å². The highest BCUT2D eigenvalue weighted by Crippen LogP contribution is 2.29. The lowest BCUT2D eigenvalue weighted by atomic mass is 10.4. The molecule has 0 saturated carbocycles. The van der Waals surface area contributed by atoms with Gasteiger partial charge in [-0.2, -0.15) is 0 Å². The van der Waals surface area contributed by atoms with E-state index in [9.17, 15) is 0 Å². The number of unbranched alkanes of at least 4 members (excludes halogenated alkanes) is 1. The van der Waals surface area contributed by atoms with Crippen LogP contribution in [0.5, 0.6) is 0 Å². The molecule has 0 unspecified atom stereocenters. The minimum Gasteiger partial charge on any atom is -0.377 e. The third-order valence-electron chi connectivity index (χ3n) is 4.96. The van der Waals surface area contributed by atoms with Gasteiger partial charge in [-0.3, -0.25) is 0 Å². The van der Waals surface area contributed by atoms with Gasteiger partial charge in [-0.05, 0) is 0 Å². The molecule has 6 heteroatoms. The summed E-state index contributed by atoms with van der Waals surface area (Å²) in [5, 5.41) is 0. The van der Waals surface area contributed by atoms with Crippen molar-refractivity contribution < 1.29 is 13.3 Å². The summed E-state index contributed by atoms with van der Waals surface area (Å²) in [6.07, 6.45) is 3.94. The molecule has 0 aromatic heterocycles. The predicted molar refractivity (Wildman–Crippen MR) is 105 cm³/mol. The van der Waals surface area contributed by atoms with Crippen LogP contribution >= 0.6 is 0 Å². The number of rotatable bonds is 13. The SMILES string of the molecule is CCCC[Si](C)(C)CC[Si](C)(C)CCC[Si](OC)(OC)OC. The van der Waals surface area contributed by atoms with Gasteiger partial charge in [0.25, 0.3) is 0 Å². The van der Waals surface area contributed by atoms with Crippen molar-refractivity contribution in [3.05, 3.63) is 0 Å². The largest absolute Gasteiger partial charge is 0.500 e. The van der Waals surface area contributed by atoms with Gasteiger partial charge in [0, 0.05) is 43.5 Å². The topological polar surface area (TPSA) is 27.7 Å². The number of hydrogen-bond donors (Lipinski definition) is 0. The Morgan fingerprint density at radius 3 is 1.36 bits per heavy atom. The summed E-state index contributed by atoms with van der Waals surface area (Å²) in [6, 6.07) is 6.80. The highest BCUT2D eigenvalue weighted by molar-refractivity contribution is 6.82. The fourth-order valence-corrected chi connectivity index (χ4v) is 13.4. The molecule has 0 aliphatic heterocycles. The van der Waals surface area contributed by atoms with Gasteiger partial charge < -0.3 is 13.3 Å². The van der Waals surface area contributed by atoms with Crippen molar-refractivity contribution in [3.63, 3.8) is 0 Å². The van der Waals surface area contributed by atoms with Crippen molar-refractivity contribution >= 4 is 25.0 Å². The van der Waals surface area contributed by atoms with Crippen LogP contribution in [-0.4, -0.2) is 46.3 Å². The van der Waals surface area contributed by atoms with E-state index in [0.717, 1.165) is 6.04 Å². The summed E-state index contributed by atoms with van der Waals surface area (Å²) >= 11 is 0. The fourth-order valence-electron chi connectivity index (χ4n) is 2.92. The molecule has 0 amide bonds. The molecule has 0 fully saturated rings. The second-order valence-corrected chi connectivity index (χ2v) is 21.8. The molecule has 134 valence electrons. The molecule has 0 aliphatic carbocycles. The third kappa shape index (κ3) is 8.98. The number of hydrogen-bond acceptors (Lipinski definition) is 3. The van der Waals surface area contributed by atoms with Crippen molar-refractivity contribution in [1.29, 1.82) is 0 Å². The molecule has 0 bridgehead atoms. The average molecular weight is 365 g/mol. The van der Waals surface area contributed by atoms with Crippen molar-refractivity contribution in [2.24, 2.45) is 0 Å². The van der Waals surface area contributed by atoms with Gasteiger partial charge in [0.05, 0.1) is 0 Å². The molecule has 0 spiro atoms. The van der Waals surface area contributed by atoms with Crippen LogP contribution in [0.1, 0.15) is 26.2 Å². The Labute approximate surface area is 142 Å². The van der Waals surface area contributed by atoms with E-state index in [1.807, 2.05) is 0 Å². The quantitative estimate of drug-likeness (QED) is 0.405. The minimum atomic E-state index is -2.36. The van der Waals surface area contributed by atoms with Crippen molar-refractivity contribution in [3.8, 4) is 0 Å². The van der Waals surface area contributed by atoms with Gasteiger partial charge >= 0.3 is 8.80 Å². The Hall–Kier alpha value is 0.531. The maximum Gasteiger partial charge on any atom is 0.500 e. The summed E-state index contributed by atoms with van der Waals surface area (Å²) in [7, 11) is 0.711. The normalized spacial score (nSPS) is 13.6. The molecule has 22 heavy (non-hydrogen) atoms. The van der Waals surface area contributed by atoms with Gasteiger partial charge in [-0.25, -0.2) is 0 Å². The monoisotopic (exact) mass is 364 g/mol. The van der Waals surface area contributed by atoms with Crippen molar-refractivity contribution in [2.75, 3.05) is 21.3 Å². The Morgan fingerprint density at radius 2 is 1.00 bits per heavy atom. The lowest BCUT2D eigenvalue weighted by molar-refractivity contribution is 0.123. The molecule has 0 aromatic rings. The maximum absolute atomic E-state index is 5.53. The van der Waals surface area contributed by atoms with E-state index < -0.39 is 25.0 Å². The van der Waals surface area contributed by atoms with Gasteiger partial charge in [-0.1, -0.05) is 76.6 Å². The minimum absolute atomic E-state index is 0.948. The van der Waals surface area contributed by atoms with Crippen LogP contribution < -0.4 is 0 Å². The van der Waals surface area contributed by atoms with Gasteiger partial charge in [0.2, 0.25) is 0 Å².